The van der Waals surface area contributed by atoms with Crippen LogP contribution in [0.1, 0.15) is 41.5 Å². The second-order valence-corrected chi connectivity index (χ2v) is 9.22. The number of aryl methyl sites for hydroxylation is 1. The van der Waals surface area contributed by atoms with E-state index in [9.17, 15) is 0 Å². The van der Waals surface area contributed by atoms with Crippen molar-refractivity contribution in [2.24, 2.45) is 4.99 Å². The van der Waals surface area contributed by atoms with Crippen LogP contribution in [0.15, 0.2) is 120 Å². The second-order valence-electron chi connectivity index (χ2n) is 9.22. The van der Waals surface area contributed by atoms with Gasteiger partial charge in [-0.1, -0.05) is 103 Å². The van der Waals surface area contributed by atoms with Gasteiger partial charge in [0.15, 0.2) is 5.90 Å². The minimum atomic E-state index is -0.301. The van der Waals surface area contributed by atoms with Crippen molar-refractivity contribution < 1.29 is 9.47 Å². The fourth-order valence-electron chi connectivity index (χ4n) is 5.08. The van der Waals surface area contributed by atoms with Gasteiger partial charge < -0.3 is 9.47 Å². The van der Waals surface area contributed by atoms with E-state index in [0.717, 1.165) is 50.5 Å². The van der Waals surface area contributed by atoms with Crippen molar-refractivity contribution in [3.05, 3.63) is 138 Å². The van der Waals surface area contributed by atoms with Gasteiger partial charge in [0, 0.05) is 24.8 Å². The van der Waals surface area contributed by atoms with Gasteiger partial charge in [0.05, 0.1) is 13.2 Å². The van der Waals surface area contributed by atoms with E-state index in [-0.39, 0.29) is 5.41 Å². The first-order chi connectivity index (χ1) is 17.8. The van der Waals surface area contributed by atoms with Crippen LogP contribution in [-0.2, 0) is 16.6 Å². The summed E-state index contributed by atoms with van der Waals surface area (Å²) in [5.74, 6) is 1.79. The first kappa shape index (κ1) is 23.9. The van der Waals surface area contributed by atoms with E-state index in [4.69, 9.17) is 9.47 Å². The summed E-state index contributed by atoms with van der Waals surface area (Å²) in [6.45, 7) is 2.28. The summed E-state index contributed by atoms with van der Waals surface area (Å²) < 4.78 is 12.0. The van der Waals surface area contributed by atoms with Crippen molar-refractivity contribution in [3.63, 3.8) is 0 Å². The van der Waals surface area contributed by atoms with Gasteiger partial charge >= 0.3 is 0 Å². The highest BCUT2D eigenvalue weighted by molar-refractivity contribution is 5.76. The number of hydrogen-bond acceptors (Lipinski definition) is 3. The summed E-state index contributed by atoms with van der Waals surface area (Å²) in [5.41, 5.74) is 4.79. The molecule has 36 heavy (non-hydrogen) atoms. The Kier molecular flexibility index (Phi) is 7.77. The van der Waals surface area contributed by atoms with Crippen LogP contribution < -0.4 is 4.74 Å². The highest BCUT2D eigenvalue weighted by Crippen LogP contribution is 2.42. The van der Waals surface area contributed by atoms with Gasteiger partial charge in [-0.25, -0.2) is 0 Å². The van der Waals surface area contributed by atoms with Crippen LogP contribution in [0.5, 0.6) is 5.75 Å². The monoisotopic (exact) mass is 475 g/mol. The highest BCUT2D eigenvalue weighted by Gasteiger charge is 2.36. The lowest BCUT2D eigenvalue weighted by atomic mass is 9.67. The smallest absolute Gasteiger partial charge is 0.183 e. The molecule has 0 saturated carbocycles. The standard InChI is InChI=1S/C33H33NO2/c1-4-11-28(12-5-1)33(29-13-6-2-7-14-29,30-15-8-3-9-16-30)23-26-35-31-20-17-27(18-21-31)19-22-32-34-24-10-25-36-32/h1-9,11-18,20-21H,10,19,22-26H2. The summed E-state index contributed by atoms with van der Waals surface area (Å²) in [5, 5.41) is 0. The van der Waals surface area contributed by atoms with Crippen LogP contribution in [-0.4, -0.2) is 25.7 Å². The van der Waals surface area contributed by atoms with Crippen LogP contribution in [0.3, 0.4) is 0 Å². The molecule has 182 valence electrons. The molecule has 0 fully saturated rings. The third-order valence-electron chi connectivity index (χ3n) is 6.96. The zero-order chi connectivity index (χ0) is 24.5. The van der Waals surface area contributed by atoms with E-state index in [1.807, 2.05) is 0 Å². The van der Waals surface area contributed by atoms with E-state index in [2.05, 4.69) is 120 Å². The molecule has 1 aliphatic heterocycles. The summed E-state index contributed by atoms with van der Waals surface area (Å²) in [4.78, 5) is 4.47. The van der Waals surface area contributed by atoms with Crippen molar-refractivity contribution in [2.75, 3.05) is 19.8 Å². The molecule has 0 radical (unpaired) electrons. The Morgan fingerprint density at radius 3 is 1.72 bits per heavy atom. The Bertz CT molecular complexity index is 1140. The molecular weight excluding hydrogens is 442 g/mol. The molecule has 0 atom stereocenters. The molecule has 3 nitrogen and oxygen atoms in total. The van der Waals surface area contributed by atoms with Gasteiger partial charge in [0.2, 0.25) is 0 Å². The molecule has 0 N–H and O–H groups in total. The molecule has 1 aliphatic rings. The molecule has 0 unspecified atom stereocenters. The molecule has 5 rings (SSSR count). The van der Waals surface area contributed by atoms with Crippen LogP contribution in [0.2, 0.25) is 0 Å². The Morgan fingerprint density at radius 2 is 1.22 bits per heavy atom. The lowest BCUT2D eigenvalue weighted by molar-refractivity contribution is 0.273. The predicted molar refractivity (Wildman–Crippen MR) is 147 cm³/mol. The van der Waals surface area contributed by atoms with Crippen LogP contribution >= 0.6 is 0 Å². The van der Waals surface area contributed by atoms with Crippen LogP contribution in [0.4, 0.5) is 0 Å². The molecule has 4 aromatic carbocycles. The lowest BCUT2D eigenvalue weighted by Gasteiger charge is -2.36. The average molecular weight is 476 g/mol. The molecule has 4 aromatic rings. The number of nitrogens with zero attached hydrogens (tertiary/aromatic N) is 1. The zero-order valence-electron chi connectivity index (χ0n) is 20.7. The molecule has 0 saturated heterocycles. The van der Waals surface area contributed by atoms with Crippen LogP contribution in [0.25, 0.3) is 0 Å². The van der Waals surface area contributed by atoms with E-state index >= 15 is 0 Å². The summed E-state index contributed by atoms with van der Waals surface area (Å²) in [7, 11) is 0. The maximum Gasteiger partial charge on any atom is 0.183 e. The molecule has 0 aliphatic carbocycles. The largest absolute Gasteiger partial charge is 0.494 e. The Hall–Kier alpha value is -3.85. The molecule has 1 heterocycles. The van der Waals surface area contributed by atoms with Crippen LogP contribution in [0, 0.1) is 0 Å². The van der Waals surface area contributed by atoms with Gasteiger partial charge in [-0.15, -0.1) is 0 Å². The Balaban J connectivity index is 1.34. The van der Waals surface area contributed by atoms with E-state index in [0.29, 0.717) is 6.61 Å². The zero-order valence-corrected chi connectivity index (χ0v) is 20.7. The van der Waals surface area contributed by atoms with Gasteiger partial charge in [-0.3, -0.25) is 4.99 Å². The number of aliphatic imine (C=N–C) groups is 1. The second kappa shape index (κ2) is 11.7. The number of rotatable bonds is 10. The number of hydrogen-bond donors (Lipinski definition) is 0. The third kappa shape index (κ3) is 5.52. The van der Waals surface area contributed by atoms with E-state index < -0.39 is 0 Å². The van der Waals surface area contributed by atoms with Gasteiger partial charge in [0.25, 0.3) is 0 Å². The predicted octanol–water partition coefficient (Wildman–Crippen LogP) is 7.24. The Morgan fingerprint density at radius 1 is 0.667 bits per heavy atom. The van der Waals surface area contributed by atoms with Crippen molar-refractivity contribution in [1.82, 2.24) is 0 Å². The van der Waals surface area contributed by atoms with Crippen molar-refractivity contribution >= 4 is 5.90 Å². The van der Waals surface area contributed by atoms with Gasteiger partial charge in [-0.2, -0.15) is 0 Å². The van der Waals surface area contributed by atoms with E-state index in [1.54, 1.807) is 0 Å². The first-order valence-corrected chi connectivity index (χ1v) is 12.9. The highest BCUT2D eigenvalue weighted by atomic mass is 16.5. The van der Waals surface area contributed by atoms with Crippen molar-refractivity contribution in [2.45, 2.75) is 31.1 Å². The SMILES string of the molecule is c1ccc(C(CCOc2ccc(CCC3=NCCCO3)cc2)(c2ccccc2)c2ccccc2)cc1. The lowest BCUT2D eigenvalue weighted by Crippen LogP contribution is -2.31. The molecule has 0 bridgehead atoms. The van der Waals surface area contributed by atoms with Gasteiger partial charge in [-0.05, 0) is 47.2 Å². The maximum absolute atomic E-state index is 6.33. The van der Waals surface area contributed by atoms with E-state index in [1.165, 1.54) is 22.3 Å². The van der Waals surface area contributed by atoms with Gasteiger partial charge in [0.1, 0.15) is 5.75 Å². The Labute approximate surface area is 214 Å². The normalized spacial score (nSPS) is 13.5. The maximum atomic E-state index is 6.33. The molecule has 0 spiro atoms. The molecule has 0 amide bonds. The molecule has 0 aromatic heterocycles. The molecular formula is C33H33NO2. The minimum Gasteiger partial charge on any atom is -0.494 e. The third-order valence-corrected chi connectivity index (χ3v) is 6.96. The summed E-state index contributed by atoms with van der Waals surface area (Å²) in [6.07, 6.45) is 3.63. The minimum absolute atomic E-state index is 0.301. The van der Waals surface area contributed by atoms with Crippen molar-refractivity contribution in [1.29, 1.82) is 0 Å². The average Bonchev–Trinajstić information content (AvgIpc) is 2.97. The quantitative estimate of drug-likeness (QED) is 0.226. The topological polar surface area (TPSA) is 30.8 Å². The number of benzene rings is 4. The summed E-state index contributed by atoms with van der Waals surface area (Å²) >= 11 is 0. The molecule has 3 heteroatoms. The summed E-state index contributed by atoms with van der Waals surface area (Å²) in [6, 6.07) is 40.8. The fourth-order valence-corrected chi connectivity index (χ4v) is 5.08. The fraction of sp³-hybridized carbons (Fsp3) is 0.242. The number of ether oxygens (including phenoxy) is 2. The van der Waals surface area contributed by atoms with Crippen molar-refractivity contribution in [3.8, 4) is 5.75 Å². The first-order valence-electron chi connectivity index (χ1n) is 12.9.